The van der Waals surface area contributed by atoms with Crippen molar-refractivity contribution in [2.24, 2.45) is 5.14 Å². The van der Waals surface area contributed by atoms with E-state index < -0.39 is 15.3 Å². The van der Waals surface area contributed by atoms with E-state index in [0.29, 0.717) is 11.3 Å². The third-order valence-corrected chi connectivity index (χ3v) is 4.35. The highest BCUT2D eigenvalue weighted by atomic mass is 32.2. The number of sulfonamides is 1. The number of nitrogens with zero attached hydrogens (tertiary/aromatic N) is 2. The molecule has 1 aromatic rings. The van der Waals surface area contributed by atoms with E-state index in [1.54, 1.807) is 24.3 Å². The Morgan fingerprint density at radius 2 is 2.11 bits per heavy atom. The van der Waals surface area contributed by atoms with Gasteiger partial charge in [0.05, 0.1) is 12.5 Å². The minimum Gasteiger partial charge on any atom is -0.311 e. The molecule has 0 aliphatic carbocycles. The van der Waals surface area contributed by atoms with E-state index in [1.165, 1.54) is 4.90 Å². The second-order valence-corrected chi connectivity index (χ2v) is 6.23. The number of nitriles is 1. The van der Waals surface area contributed by atoms with Crippen LogP contribution in [0.1, 0.15) is 12.0 Å². The van der Waals surface area contributed by atoms with Crippen molar-refractivity contribution in [3.63, 3.8) is 0 Å². The van der Waals surface area contributed by atoms with Crippen LogP contribution in [0, 0.1) is 11.3 Å². The Morgan fingerprint density at radius 1 is 1.42 bits per heavy atom. The van der Waals surface area contributed by atoms with Crippen molar-refractivity contribution < 1.29 is 13.2 Å². The molecule has 1 fully saturated rings. The number of hydrogen-bond acceptors (Lipinski definition) is 4. The van der Waals surface area contributed by atoms with Crippen LogP contribution in [0.2, 0.25) is 0 Å². The first-order valence-corrected chi connectivity index (χ1v) is 7.31. The molecule has 1 aliphatic rings. The van der Waals surface area contributed by atoms with Gasteiger partial charge in [-0.05, 0) is 11.6 Å². The van der Waals surface area contributed by atoms with Gasteiger partial charge in [0.25, 0.3) is 0 Å². The third kappa shape index (κ3) is 2.75. The second-order valence-electron chi connectivity index (χ2n) is 4.38. The molecule has 0 saturated carbocycles. The van der Waals surface area contributed by atoms with Gasteiger partial charge in [-0.3, -0.25) is 4.79 Å². The maximum absolute atomic E-state index is 11.9. The molecule has 1 unspecified atom stereocenters. The van der Waals surface area contributed by atoms with E-state index in [0.717, 1.165) is 0 Å². The number of carbonyl (C=O) groups is 1. The number of para-hydroxylation sites is 1. The van der Waals surface area contributed by atoms with E-state index in [-0.39, 0.29) is 25.3 Å². The van der Waals surface area contributed by atoms with E-state index in [4.69, 9.17) is 10.4 Å². The molecule has 1 heterocycles. The molecule has 1 amide bonds. The van der Waals surface area contributed by atoms with Crippen LogP contribution in [0.15, 0.2) is 24.3 Å². The summed E-state index contributed by atoms with van der Waals surface area (Å²) in [5, 5.41) is 13.0. The summed E-state index contributed by atoms with van der Waals surface area (Å²) in [6.07, 6.45) is 0.0553. The molecule has 0 bridgehead atoms. The zero-order valence-corrected chi connectivity index (χ0v) is 10.9. The summed E-state index contributed by atoms with van der Waals surface area (Å²) in [7, 11) is -3.73. The maximum Gasteiger partial charge on any atom is 0.228 e. The largest absolute Gasteiger partial charge is 0.311 e. The fourth-order valence-corrected chi connectivity index (χ4v) is 2.87. The smallest absolute Gasteiger partial charge is 0.228 e. The van der Waals surface area contributed by atoms with Crippen LogP contribution in [0.3, 0.4) is 0 Å². The highest BCUT2D eigenvalue weighted by Crippen LogP contribution is 2.27. The summed E-state index contributed by atoms with van der Waals surface area (Å²) in [5.41, 5.74) is 1.29. The van der Waals surface area contributed by atoms with Crippen molar-refractivity contribution >= 4 is 21.6 Å². The Hall–Kier alpha value is -1.91. The molecule has 19 heavy (non-hydrogen) atoms. The van der Waals surface area contributed by atoms with Gasteiger partial charge in [0.15, 0.2) is 0 Å². The van der Waals surface area contributed by atoms with Gasteiger partial charge in [-0.2, -0.15) is 5.26 Å². The zero-order chi connectivity index (χ0) is 14.0. The normalized spacial score (nSPS) is 19.5. The van der Waals surface area contributed by atoms with Gasteiger partial charge in [0.2, 0.25) is 15.9 Å². The third-order valence-electron chi connectivity index (χ3n) is 3.11. The lowest BCUT2D eigenvalue weighted by Crippen LogP contribution is -2.32. The van der Waals surface area contributed by atoms with Crippen molar-refractivity contribution in [3.8, 4) is 6.07 Å². The topological polar surface area (TPSA) is 104 Å². The fourth-order valence-electron chi connectivity index (χ4n) is 2.14. The first-order valence-electron chi connectivity index (χ1n) is 5.70. The zero-order valence-electron chi connectivity index (χ0n) is 10.1. The molecular formula is C12H13N3O3S. The number of rotatable bonds is 3. The van der Waals surface area contributed by atoms with Crippen molar-refractivity contribution in [2.75, 3.05) is 11.4 Å². The van der Waals surface area contributed by atoms with E-state index >= 15 is 0 Å². The monoisotopic (exact) mass is 279 g/mol. The molecule has 0 radical (unpaired) electrons. The Balaban J connectivity index is 2.34. The van der Waals surface area contributed by atoms with Crippen molar-refractivity contribution in [1.82, 2.24) is 0 Å². The summed E-state index contributed by atoms with van der Waals surface area (Å²) >= 11 is 0. The van der Waals surface area contributed by atoms with Gasteiger partial charge in [0, 0.05) is 18.7 Å². The second kappa shape index (κ2) is 4.99. The van der Waals surface area contributed by atoms with Crippen LogP contribution < -0.4 is 10.0 Å². The first kappa shape index (κ1) is 13.5. The number of amides is 1. The standard InChI is InChI=1S/C12H13N3O3S/c13-6-5-9-3-1-2-4-11(9)15-8-10(7-12(15)16)19(14,17)18/h1-4,10H,5,7-8H2,(H2,14,17,18). The lowest BCUT2D eigenvalue weighted by atomic mass is 10.1. The highest BCUT2D eigenvalue weighted by molar-refractivity contribution is 7.89. The average molecular weight is 279 g/mol. The van der Waals surface area contributed by atoms with Crippen molar-refractivity contribution in [3.05, 3.63) is 29.8 Å². The average Bonchev–Trinajstić information content (AvgIpc) is 2.72. The first-order chi connectivity index (χ1) is 8.93. The number of hydrogen-bond donors (Lipinski definition) is 1. The summed E-state index contributed by atoms with van der Waals surface area (Å²) in [6.45, 7) is 0.0418. The molecule has 1 saturated heterocycles. The van der Waals surface area contributed by atoms with E-state index in [1.807, 2.05) is 6.07 Å². The van der Waals surface area contributed by atoms with Crippen LogP contribution in [-0.4, -0.2) is 26.1 Å². The van der Waals surface area contributed by atoms with Crippen LogP contribution in [0.5, 0.6) is 0 Å². The van der Waals surface area contributed by atoms with Gasteiger partial charge in [-0.15, -0.1) is 0 Å². The molecule has 0 spiro atoms. The van der Waals surface area contributed by atoms with E-state index in [2.05, 4.69) is 0 Å². The number of anilines is 1. The molecule has 100 valence electrons. The van der Waals surface area contributed by atoms with Gasteiger partial charge in [-0.1, -0.05) is 18.2 Å². The highest BCUT2D eigenvalue weighted by Gasteiger charge is 2.37. The fraction of sp³-hybridized carbons (Fsp3) is 0.333. The Kier molecular flexibility index (Phi) is 3.55. The predicted molar refractivity (Wildman–Crippen MR) is 69.6 cm³/mol. The molecule has 1 aromatic carbocycles. The van der Waals surface area contributed by atoms with Crippen molar-refractivity contribution in [2.45, 2.75) is 18.1 Å². The van der Waals surface area contributed by atoms with Crippen molar-refractivity contribution in [1.29, 1.82) is 5.26 Å². The number of primary sulfonamides is 1. The Morgan fingerprint density at radius 3 is 2.68 bits per heavy atom. The minimum atomic E-state index is -3.73. The summed E-state index contributed by atoms with van der Waals surface area (Å²) in [5.74, 6) is -0.288. The molecule has 0 aromatic heterocycles. The molecule has 6 nitrogen and oxygen atoms in total. The minimum absolute atomic E-state index is 0.0418. The van der Waals surface area contributed by atoms with Crippen LogP contribution in [0.4, 0.5) is 5.69 Å². The summed E-state index contributed by atoms with van der Waals surface area (Å²) in [6, 6.07) is 8.99. The van der Waals surface area contributed by atoms with Gasteiger partial charge < -0.3 is 4.90 Å². The molecular weight excluding hydrogens is 266 g/mol. The van der Waals surface area contributed by atoms with Gasteiger partial charge in [0.1, 0.15) is 5.25 Å². The Bertz CT molecular complexity index is 648. The number of carbonyl (C=O) groups excluding carboxylic acids is 1. The molecule has 1 atom stereocenters. The molecule has 2 N–H and O–H groups in total. The van der Waals surface area contributed by atoms with Gasteiger partial charge >= 0.3 is 0 Å². The van der Waals surface area contributed by atoms with Crippen LogP contribution in [-0.2, 0) is 21.2 Å². The number of benzene rings is 1. The quantitative estimate of drug-likeness (QED) is 0.850. The Labute approximate surface area is 111 Å². The van der Waals surface area contributed by atoms with E-state index in [9.17, 15) is 13.2 Å². The summed E-state index contributed by atoms with van der Waals surface area (Å²) in [4.78, 5) is 13.3. The number of nitrogens with two attached hydrogens (primary N) is 1. The van der Waals surface area contributed by atoms with Crippen LogP contribution >= 0.6 is 0 Å². The summed E-state index contributed by atoms with van der Waals surface area (Å²) < 4.78 is 22.6. The maximum atomic E-state index is 11.9. The predicted octanol–water partition coefficient (Wildman–Crippen LogP) is 0.146. The molecule has 7 heteroatoms. The SMILES string of the molecule is N#CCc1ccccc1N1CC(S(N)(=O)=O)CC1=O. The molecule has 2 rings (SSSR count). The molecule has 1 aliphatic heterocycles. The van der Waals surface area contributed by atoms with Crippen LogP contribution in [0.25, 0.3) is 0 Å². The lowest BCUT2D eigenvalue weighted by molar-refractivity contribution is -0.117. The lowest BCUT2D eigenvalue weighted by Gasteiger charge is -2.19. The van der Waals surface area contributed by atoms with Gasteiger partial charge in [-0.25, -0.2) is 13.6 Å².